The van der Waals surface area contributed by atoms with Crippen LogP contribution in [0.2, 0.25) is 0 Å². The Balaban J connectivity index is 2.33. The molecule has 2 N–H and O–H groups in total. The van der Waals surface area contributed by atoms with E-state index in [9.17, 15) is 19.6 Å². The van der Waals surface area contributed by atoms with Crippen LogP contribution in [0.15, 0.2) is 54.6 Å². The number of hydrogen-bond acceptors (Lipinski definition) is 5. The molecule has 2 unspecified atom stereocenters. The maximum Gasteiger partial charge on any atom is 0.408 e. The second-order valence-corrected chi connectivity index (χ2v) is 9.19. The third-order valence-electron chi connectivity index (χ3n) is 5.20. The van der Waals surface area contributed by atoms with Crippen LogP contribution in [0.1, 0.15) is 57.4 Å². The molecule has 0 aliphatic rings. The Morgan fingerprint density at radius 3 is 2.20 bits per heavy atom. The van der Waals surface area contributed by atoms with E-state index in [4.69, 9.17) is 4.74 Å². The predicted octanol–water partition coefficient (Wildman–Crippen LogP) is 3.87. The van der Waals surface area contributed by atoms with E-state index >= 15 is 0 Å². The van der Waals surface area contributed by atoms with Gasteiger partial charge in [-0.15, -0.1) is 0 Å². The van der Waals surface area contributed by atoms with Crippen molar-refractivity contribution in [2.45, 2.75) is 65.3 Å². The molecular formula is C27H34N4O4. The van der Waals surface area contributed by atoms with Gasteiger partial charge < -0.3 is 20.3 Å². The van der Waals surface area contributed by atoms with Gasteiger partial charge in [0.1, 0.15) is 24.2 Å². The predicted molar refractivity (Wildman–Crippen MR) is 133 cm³/mol. The van der Waals surface area contributed by atoms with Crippen molar-refractivity contribution in [1.29, 1.82) is 5.26 Å². The molecule has 8 heteroatoms. The summed E-state index contributed by atoms with van der Waals surface area (Å²) >= 11 is 0. The van der Waals surface area contributed by atoms with Crippen LogP contribution in [0.3, 0.4) is 0 Å². The van der Waals surface area contributed by atoms with Crippen molar-refractivity contribution in [3.8, 4) is 6.07 Å². The van der Waals surface area contributed by atoms with Crippen molar-refractivity contribution < 1.29 is 19.1 Å². The molecule has 2 rings (SSSR count). The average Bonchev–Trinajstić information content (AvgIpc) is 2.81. The number of carbonyl (C=O) groups is 3. The molecule has 0 saturated carbocycles. The minimum absolute atomic E-state index is 0.267. The summed E-state index contributed by atoms with van der Waals surface area (Å²) in [6.45, 7) is 8.60. The molecular weight excluding hydrogens is 444 g/mol. The lowest BCUT2D eigenvalue weighted by Crippen LogP contribution is -2.52. The molecule has 2 atom stereocenters. The van der Waals surface area contributed by atoms with Crippen LogP contribution in [0.5, 0.6) is 0 Å². The topological polar surface area (TPSA) is 112 Å². The highest BCUT2D eigenvalue weighted by atomic mass is 16.6. The molecule has 0 fully saturated rings. The second-order valence-electron chi connectivity index (χ2n) is 9.19. The smallest absolute Gasteiger partial charge is 0.408 e. The largest absolute Gasteiger partial charge is 0.444 e. The Hall–Kier alpha value is -3.86. The fourth-order valence-electron chi connectivity index (χ4n) is 3.46. The highest BCUT2D eigenvalue weighted by Crippen LogP contribution is 2.23. The van der Waals surface area contributed by atoms with Crippen LogP contribution in [0, 0.1) is 11.3 Å². The first kappa shape index (κ1) is 27.4. The van der Waals surface area contributed by atoms with Gasteiger partial charge in [0.05, 0.1) is 6.07 Å². The summed E-state index contributed by atoms with van der Waals surface area (Å²) in [6.07, 6.45) is 0.0654. The van der Waals surface area contributed by atoms with E-state index in [0.717, 1.165) is 17.5 Å². The van der Waals surface area contributed by atoms with E-state index in [0.29, 0.717) is 5.56 Å². The zero-order valence-electron chi connectivity index (χ0n) is 21.0. The van der Waals surface area contributed by atoms with E-state index in [-0.39, 0.29) is 13.1 Å². The molecule has 0 aromatic heterocycles. The van der Waals surface area contributed by atoms with Crippen LogP contribution in [0.4, 0.5) is 4.79 Å². The molecule has 0 radical (unpaired) electrons. The van der Waals surface area contributed by atoms with Gasteiger partial charge in [0.15, 0.2) is 0 Å². The quantitative estimate of drug-likeness (QED) is 0.532. The number of alkyl carbamates (subject to hydrolysis) is 1. The molecule has 0 heterocycles. The summed E-state index contributed by atoms with van der Waals surface area (Å²) in [5.74, 6) is -0.997. The summed E-state index contributed by atoms with van der Waals surface area (Å²) in [6, 6.07) is 16.7. The lowest BCUT2D eigenvalue weighted by molar-refractivity contribution is -0.141. The first-order chi connectivity index (χ1) is 16.6. The standard InChI is InChI=1S/C27H34N4O4/c1-6-20-12-14-22(15-13-20)23(24(32)29-18-21-10-8-7-9-11-21)31(17-16-28)25(33)19(2)30-26(34)35-27(3,4)5/h7-15,19,23H,6,17-18H2,1-5H3,(H,29,32)(H,30,34). The number of aryl methyl sites for hydroxylation is 1. The molecule has 0 bridgehead atoms. The third-order valence-corrected chi connectivity index (χ3v) is 5.20. The average molecular weight is 479 g/mol. The fourth-order valence-corrected chi connectivity index (χ4v) is 3.46. The van der Waals surface area contributed by atoms with Gasteiger partial charge in [-0.2, -0.15) is 5.26 Å². The molecule has 0 spiro atoms. The van der Waals surface area contributed by atoms with Crippen molar-refractivity contribution in [3.63, 3.8) is 0 Å². The molecule has 0 aliphatic carbocycles. The van der Waals surface area contributed by atoms with Gasteiger partial charge >= 0.3 is 6.09 Å². The highest BCUT2D eigenvalue weighted by Gasteiger charge is 2.34. The minimum atomic E-state index is -1.06. The summed E-state index contributed by atoms with van der Waals surface area (Å²) in [4.78, 5) is 40.2. The molecule has 2 aromatic carbocycles. The van der Waals surface area contributed by atoms with E-state index in [1.807, 2.05) is 55.5 Å². The van der Waals surface area contributed by atoms with Crippen molar-refractivity contribution in [1.82, 2.24) is 15.5 Å². The van der Waals surface area contributed by atoms with Crippen LogP contribution < -0.4 is 10.6 Å². The molecule has 0 aliphatic heterocycles. The second kappa shape index (κ2) is 12.6. The van der Waals surface area contributed by atoms with Gasteiger partial charge in [-0.3, -0.25) is 9.59 Å². The Kier molecular flexibility index (Phi) is 9.83. The summed E-state index contributed by atoms with van der Waals surface area (Å²) in [5.41, 5.74) is 1.82. The van der Waals surface area contributed by atoms with E-state index in [2.05, 4.69) is 10.6 Å². The van der Waals surface area contributed by atoms with Gasteiger partial charge in [0.25, 0.3) is 0 Å². The minimum Gasteiger partial charge on any atom is -0.444 e. The number of benzene rings is 2. The number of amides is 3. The monoisotopic (exact) mass is 478 g/mol. The number of nitrogens with zero attached hydrogens (tertiary/aromatic N) is 2. The van der Waals surface area contributed by atoms with Gasteiger partial charge in [0.2, 0.25) is 11.8 Å². The Bertz CT molecular complexity index is 1040. The van der Waals surface area contributed by atoms with Crippen molar-refractivity contribution >= 4 is 17.9 Å². The van der Waals surface area contributed by atoms with E-state index in [1.165, 1.54) is 11.8 Å². The Labute approximate surface area is 207 Å². The molecule has 3 amide bonds. The van der Waals surface area contributed by atoms with Crippen LogP contribution >= 0.6 is 0 Å². The number of rotatable bonds is 9. The maximum atomic E-state index is 13.4. The van der Waals surface area contributed by atoms with Crippen LogP contribution in [-0.4, -0.2) is 41.0 Å². The van der Waals surface area contributed by atoms with Gasteiger partial charge in [-0.1, -0.05) is 61.5 Å². The maximum absolute atomic E-state index is 13.4. The van der Waals surface area contributed by atoms with Gasteiger partial charge in [0, 0.05) is 6.54 Å². The molecule has 8 nitrogen and oxygen atoms in total. The number of hydrogen-bond donors (Lipinski definition) is 2. The van der Waals surface area contributed by atoms with Crippen molar-refractivity contribution in [2.24, 2.45) is 0 Å². The highest BCUT2D eigenvalue weighted by molar-refractivity contribution is 5.92. The van der Waals surface area contributed by atoms with Gasteiger partial charge in [-0.05, 0) is 50.8 Å². The molecule has 0 saturated heterocycles. The van der Waals surface area contributed by atoms with Gasteiger partial charge in [-0.25, -0.2) is 4.79 Å². The van der Waals surface area contributed by atoms with Crippen molar-refractivity contribution in [2.75, 3.05) is 6.54 Å². The molecule has 2 aromatic rings. The molecule has 35 heavy (non-hydrogen) atoms. The number of nitrogens with one attached hydrogen (secondary N) is 2. The Morgan fingerprint density at radius 2 is 1.66 bits per heavy atom. The lowest BCUT2D eigenvalue weighted by Gasteiger charge is -2.32. The normalized spacial score (nSPS) is 12.6. The molecule has 186 valence electrons. The van der Waals surface area contributed by atoms with Crippen LogP contribution in [0.25, 0.3) is 0 Å². The number of nitriles is 1. The fraction of sp³-hybridized carbons (Fsp3) is 0.407. The number of carbonyl (C=O) groups excluding carboxylic acids is 3. The van der Waals surface area contributed by atoms with E-state index < -0.39 is 35.6 Å². The van der Waals surface area contributed by atoms with E-state index in [1.54, 1.807) is 32.9 Å². The zero-order valence-corrected chi connectivity index (χ0v) is 21.0. The van der Waals surface area contributed by atoms with Crippen molar-refractivity contribution in [3.05, 3.63) is 71.3 Å². The first-order valence-electron chi connectivity index (χ1n) is 11.6. The zero-order chi connectivity index (χ0) is 26.0. The summed E-state index contributed by atoms with van der Waals surface area (Å²) < 4.78 is 5.24. The summed E-state index contributed by atoms with van der Waals surface area (Å²) in [7, 11) is 0. The Morgan fingerprint density at radius 1 is 1.03 bits per heavy atom. The first-order valence-corrected chi connectivity index (χ1v) is 11.6. The third kappa shape index (κ3) is 8.45. The van der Waals surface area contributed by atoms with Crippen LogP contribution in [-0.2, 0) is 27.3 Å². The lowest BCUT2D eigenvalue weighted by atomic mass is 10.0. The SMILES string of the molecule is CCc1ccc(C(C(=O)NCc2ccccc2)N(CC#N)C(=O)C(C)NC(=O)OC(C)(C)C)cc1. The summed E-state index contributed by atoms with van der Waals surface area (Å²) in [5, 5.41) is 14.9. The number of ether oxygens (including phenoxy) is 1.